The number of fused-ring (bicyclic) bond motifs is 5. The number of allylic oxidation sites excluding steroid dienone is 2. The van der Waals surface area contributed by atoms with Gasteiger partial charge in [0.1, 0.15) is 0 Å². The summed E-state index contributed by atoms with van der Waals surface area (Å²) < 4.78 is 0. The number of hydrogen-bond donors (Lipinski definition) is 2. The normalized spacial score (nSPS) is 20.1. The largest absolute Gasteiger partial charge is 0.378 e. The van der Waals surface area contributed by atoms with Crippen LogP contribution in [0.5, 0.6) is 0 Å². The molecule has 1 amide bonds. The molecular weight excluding hydrogens is 454 g/mol. The molecule has 37 heavy (non-hydrogen) atoms. The number of nitrogens with one attached hydrogen (secondary N) is 2. The number of likely N-dealkylation sites (N-methyl/N-ethyl adjacent to an activating group) is 1. The van der Waals surface area contributed by atoms with Crippen molar-refractivity contribution in [3.8, 4) is 0 Å². The number of benzene rings is 4. The maximum absolute atomic E-state index is 13.0. The van der Waals surface area contributed by atoms with Gasteiger partial charge in [-0.25, -0.2) is 0 Å². The highest BCUT2D eigenvalue weighted by Gasteiger charge is 2.39. The fourth-order valence-electron chi connectivity index (χ4n) is 6.37. The van der Waals surface area contributed by atoms with E-state index in [4.69, 9.17) is 0 Å². The molecule has 2 N–H and O–H groups in total. The number of nitrogens with zero attached hydrogens (tertiary/aromatic N) is 1. The minimum atomic E-state index is 0.00986. The Morgan fingerprint density at radius 1 is 0.946 bits per heavy atom. The molecule has 4 nitrogen and oxygen atoms in total. The van der Waals surface area contributed by atoms with Gasteiger partial charge in [0.05, 0.1) is 6.04 Å². The SMILES string of the molecule is CCN(CC)CCNC(=O)c1ccc2c(c1)C1C=CCC1C(c1c3ccccc3cc3ccccc13)N2. The summed E-state index contributed by atoms with van der Waals surface area (Å²) in [6.07, 6.45) is 5.70. The van der Waals surface area contributed by atoms with E-state index in [0.717, 1.165) is 37.3 Å². The molecule has 4 heteroatoms. The lowest BCUT2D eigenvalue weighted by molar-refractivity contribution is 0.0948. The number of amides is 1. The van der Waals surface area contributed by atoms with E-state index in [0.29, 0.717) is 18.4 Å². The molecule has 6 rings (SSSR count). The molecule has 188 valence electrons. The molecule has 0 bridgehead atoms. The van der Waals surface area contributed by atoms with E-state index in [9.17, 15) is 4.79 Å². The van der Waals surface area contributed by atoms with E-state index in [1.165, 1.54) is 32.7 Å². The first-order valence-electron chi connectivity index (χ1n) is 13.7. The average molecular weight is 490 g/mol. The Kier molecular flexibility index (Phi) is 6.43. The van der Waals surface area contributed by atoms with Crippen molar-refractivity contribution < 1.29 is 4.79 Å². The van der Waals surface area contributed by atoms with Crippen LogP contribution in [-0.2, 0) is 0 Å². The van der Waals surface area contributed by atoms with Gasteiger partial charge < -0.3 is 15.5 Å². The molecule has 1 aliphatic carbocycles. The van der Waals surface area contributed by atoms with Crippen molar-refractivity contribution in [2.75, 3.05) is 31.5 Å². The third kappa shape index (κ3) is 4.30. The fourth-order valence-corrected chi connectivity index (χ4v) is 6.37. The van der Waals surface area contributed by atoms with E-state index in [1.54, 1.807) is 0 Å². The van der Waals surface area contributed by atoms with Crippen molar-refractivity contribution in [2.24, 2.45) is 5.92 Å². The number of anilines is 1. The third-order valence-electron chi connectivity index (χ3n) is 8.36. The first-order valence-corrected chi connectivity index (χ1v) is 13.7. The van der Waals surface area contributed by atoms with Crippen LogP contribution in [0, 0.1) is 5.92 Å². The molecule has 1 heterocycles. The quantitative estimate of drug-likeness (QED) is 0.219. The highest BCUT2D eigenvalue weighted by Crippen LogP contribution is 2.52. The fraction of sp³-hybridized carbons (Fsp3) is 0.303. The molecule has 3 unspecified atom stereocenters. The molecule has 0 radical (unpaired) electrons. The summed E-state index contributed by atoms with van der Waals surface area (Å²) >= 11 is 0. The van der Waals surface area contributed by atoms with Crippen LogP contribution in [0.25, 0.3) is 21.5 Å². The maximum Gasteiger partial charge on any atom is 0.251 e. The number of hydrogen-bond acceptors (Lipinski definition) is 3. The van der Waals surface area contributed by atoms with E-state index < -0.39 is 0 Å². The maximum atomic E-state index is 13.0. The second-order valence-corrected chi connectivity index (χ2v) is 10.3. The lowest BCUT2D eigenvalue weighted by Crippen LogP contribution is -2.35. The summed E-state index contributed by atoms with van der Waals surface area (Å²) in [6, 6.07) is 26.2. The molecule has 0 aromatic heterocycles. The van der Waals surface area contributed by atoms with Crippen molar-refractivity contribution >= 4 is 33.1 Å². The number of carbonyl (C=O) groups is 1. The number of rotatable bonds is 7. The Morgan fingerprint density at radius 3 is 2.35 bits per heavy atom. The van der Waals surface area contributed by atoms with Gasteiger partial charge in [-0.15, -0.1) is 0 Å². The molecule has 3 atom stereocenters. The molecule has 4 aromatic carbocycles. The topological polar surface area (TPSA) is 44.4 Å². The Morgan fingerprint density at radius 2 is 1.65 bits per heavy atom. The second kappa shape index (κ2) is 10.0. The molecule has 1 aliphatic heterocycles. The van der Waals surface area contributed by atoms with Crippen LogP contribution in [0.4, 0.5) is 5.69 Å². The molecule has 0 spiro atoms. The first kappa shape index (κ1) is 23.7. The zero-order valence-electron chi connectivity index (χ0n) is 21.7. The monoisotopic (exact) mass is 489 g/mol. The number of carbonyl (C=O) groups excluding carboxylic acids is 1. The van der Waals surface area contributed by atoms with Crippen molar-refractivity contribution in [1.29, 1.82) is 0 Å². The van der Waals surface area contributed by atoms with E-state index in [1.807, 2.05) is 6.07 Å². The minimum Gasteiger partial charge on any atom is -0.378 e. The summed E-state index contributed by atoms with van der Waals surface area (Å²) in [6.45, 7) is 7.85. The van der Waals surface area contributed by atoms with Gasteiger partial charge in [0, 0.05) is 30.3 Å². The minimum absolute atomic E-state index is 0.00986. The van der Waals surface area contributed by atoms with Crippen molar-refractivity contribution in [1.82, 2.24) is 10.2 Å². The molecule has 0 saturated heterocycles. The standard InChI is InChI=1S/C33H35N3O/c1-3-36(4-2)19-18-34-33(37)24-16-17-30-29(21-24)27-14-9-15-28(27)32(35-30)31-25-12-7-5-10-22(25)20-23-11-6-8-13-26(23)31/h5-14,16-17,20-21,27-28,32,35H,3-4,15,18-19H2,1-2H3,(H,34,37). The van der Waals surface area contributed by atoms with Crippen LogP contribution in [0.1, 0.15) is 53.7 Å². The molecule has 0 saturated carbocycles. The molecule has 4 aromatic rings. The van der Waals surface area contributed by atoms with Crippen LogP contribution >= 0.6 is 0 Å². The van der Waals surface area contributed by atoms with Crippen molar-refractivity contribution in [2.45, 2.75) is 32.2 Å². The van der Waals surface area contributed by atoms with Crippen LogP contribution in [-0.4, -0.2) is 37.0 Å². The highest BCUT2D eigenvalue weighted by atomic mass is 16.1. The second-order valence-electron chi connectivity index (χ2n) is 10.3. The summed E-state index contributed by atoms with van der Waals surface area (Å²) in [5, 5.41) is 12.2. The molecular formula is C33H35N3O. The zero-order valence-corrected chi connectivity index (χ0v) is 21.7. The van der Waals surface area contributed by atoms with Crippen molar-refractivity contribution in [3.05, 3.63) is 102 Å². The first-order chi connectivity index (χ1) is 18.2. The van der Waals surface area contributed by atoms with E-state index >= 15 is 0 Å². The lowest BCUT2D eigenvalue weighted by Gasteiger charge is -2.38. The van der Waals surface area contributed by atoms with Gasteiger partial charge in [0.25, 0.3) is 5.91 Å². The van der Waals surface area contributed by atoms with Gasteiger partial charge >= 0.3 is 0 Å². The zero-order chi connectivity index (χ0) is 25.4. The van der Waals surface area contributed by atoms with Gasteiger partial charge in [0.15, 0.2) is 0 Å². The van der Waals surface area contributed by atoms with E-state index in [2.05, 4.69) is 108 Å². The Bertz CT molecular complexity index is 1430. The summed E-state index contributed by atoms with van der Waals surface area (Å²) in [5.74, 6) is 0.709. The van der Waals surface area contributed by atoms with Crippen LogP contribution in [0.2, 0.25) is 0 Å². The average Bonchev–Trinajstić information content (AvgIpc) is 3.44. The highest BCUT2D eigenvalue weighted by molar-refractivity contribution is 6.03. The third-order valence-corrected chi connectivity index (χ3v) is 8.36. The van der Waals surface area contributed by atoms with Crippen molar-refractivity contribution in [3.63, 3.8) is 0 Å². The predicted octanol–water partition coefficient (Wildman–Crippen LogP) is 6.89. The summed E-state index contributed by atoms with van der Waals surface area (Å²) in [7, 11) is 0. The van der Waals surface area contributed by atoms with Gasteiger partial charge in [0.2, 0.25) is 0 Å². The Balaban J connectivity index is 1.35. The van der Waals surface area contributed by atoms with Gasteiger partial charge in [-0.05, 0) is 82.4 Å². The predicted molar refractivity (Wildman–Crippen MR) is 154 cm³/mol. The summed E-state index contributed by atoms with van der Waals surface area (Å²) in [4.78, 5) is 15.3. The molecule has 0 fully saturated rings. The van der Waals surface area contributed by atoms with Crippen LogP contribution < -0.4 is 10.6 Å². The van der Waals surface area contributed by atoms with Crippen LogP contribution in [0.3, 0.4) is 0 Å². The Hall–Kier alpha value is -3.63. The van der Waals surface area contributed by atoms with Gasteiger partial charge in [-0.3, -0.25) is 4.79 Å². The smallest absolute Gasteiger partial charge is 0.251 e. The Labute approximate surface area is 219 Å². The van der Waals surface area contributed by atoms with Crippen LogP contribution in [0.15, 0.2) is 84.9 Å². The van der Waals surface area contributed by atoms with E-state index in [-0.39, 0.29) is 11.9 Å². The molecule has 2 aliphatic rings. The van der Waals surface area contributed by atoms with Gasteiger partial charge in [-0.2, -0.15) is 0 Å². The van der Waals surface area contributed by atoms with Gasteiger partial charge in [-0.1, -0.05) is 74.5 Å². The lowest BCUT2D eigenvalue weighted by atomic mass is 9.75. The summed E-state index contributed by atoms with van der Waals surface area (Å²) in [5.41, 5.74) is 4.50.